The number of halogens is 1. The molecule has 4 aromatic rings. The Bertz CT molecular complexity index is 1280. The van der Waals surface area contributed by atoms with Crippen LogP contribution < -0.4 is 14.8 Å². The van der Waals surface area contributed by atoms with Gasteiger partial charge in [-0.25, -0.2) is 4.39 Å². The van der Waals surface area contributed by atoms with Crippen LogP contribution in [0.25, 0.3) is 10.9 Å². The Balaban J connectivity index is 1.37. The van der Waals surface area contributed by atoms with Crippen LogP contribution in [-0.4, -0.2) is 31.2 Å². The molecule has 0 fully saturated rings. The summed E-state index contributed by atoms with van der Waals surface area (Å²) in [5.74, 6) is 1.27. The van der Waals surface area contributed by atoms with E-state index in [1.165, 1.54) is 6.07 Å². The normalized spacial score (nSPS) is 10.9. The molecule has 4 rings (SSSR count). The molecule has 0 radical (unpaired) electrons. The average Bonchev–Trinajstić information content (AvgIpc) is 3.21. The van der Waals surface area contributed by atoms with E-state index in [2.05, 4.69) is 16.0 Å². The monoisotopic (exact) mass is 460 g/mol. The van der Waals surface area contributed by atoms with Gasteiger partial charge in [0.1, 0.15) is 17.3 Å². The van der Waals surface area contributed by atoms with Gasteiger partial charge in [0, 0.05) is 41.7 Å². The largest absolute Gasteiger partial charge is 0.497 e. The lowest BCUT2D eigenvalue weighted by Gasteiger charge is -2.11. The molecule has 34 heavy (non-hydrogen) atoms. The van der Waals surface area contributed by atoms with Gasteiger partial charge in [0.15, 0.2) is 0 Å². The van der Waals surface area contributed by atoms with E-state index in [9.17, 15) is 9.18 Å². The van der Waals surface area contributed by atoms with Crippen molar-refractivity contribution in [3.63, 3.8) is 0 Å². The van der Waals surface area contributed by atoms with Gasteiger partial charge in [0.25, 0.3) is 0 Å². The van der Waals surface area contributed by atoms with Gasteiger partial charge in [-0.2, -0.15) is 0 Å². The fourth-order valence-corrected chi connectivity index (χ4v) is 4.19. The van der Waals surface area contributed by atoms with Gasteiger partial charge in [-0.05, 0) is 42.2 Å². The standard InChI is InChI=1S/C28H29FN2O3/c1-33-23-13-11-20(27(17-23)34-2)15-16-30-28(32)14-12-21-18-31(26-10-6-4-8-24(21)26)19-22-7-3-5-9-25(22)29/h3-11,13,17-18H,12,14-16,19H2,1-2H3,(H,30,32). The number of hydrogen-bond donors (Lipinski definition) is 1. The maximum Gasteiger partial charge on any atom is 0.220 e. The minimum Gasteiger partial charge on any atom is -0.497 e. The number of rotatable bonds is 10. The van der Waals surface area contributed by atoms with Crippen LogP contribution in [0.1, 0.15) is 23.1 Å². The summed E-state index contributed by atoms with van der Waals surface area (Å²) in [6, 6.07) is 20.5. The zero-order valence-corrected chi connectivity index (χ0v) is 19.5. The van der Waals surface area contributed by atoms with Crippen LogP contribution in [0.2, 0.25) is 0 Å². The van der Waals surface area contributed by atoms with Gasteiger partial charge >= 0.3 is 0 Å². The van der Waals surface area contributed by atoms with E-state index in [1.54, 1.807) is 26.4 Å². The van der Waals surface area contributed by atoms with E-state index in [0.29, 0.717) is 37.9 Å². The first kappa shape index (κ1) is 23.4. The molecule has 0 saturated carbocycles. The maximum atomic E-state index is 14.2. The van der Waals surface area contributed by atoms with E-state index in [-0.39, 0.29) is 11.7 Å². The summed E-state index contributed by atoms with van der Waals surface area (Å²) in [5.41, 5.74) is 3.77. The molecule has 0 atom stereocenters. The van der Waals surface area contributed by atoms with Gasteiger partial charge in [0.2, 0.25) is 5.91 Å². The van der Waals surface area contributed by atoms with Crippen LogP contribution in [0.4, 0.5) is 4.39 Å². The molecule has 0 unspecified atom stereocenters. The molecular weight excluding hydrogens is 431 g/mol. The van der Waals surface area contributed by atoms with Crippen molar-refractivity contribution in [2.45, 2.75) is 25.8 Å². The van der Waals surface area contributed by atoms with Crippen LogP contribution in [0.5, 0.6) is 11.5 Å². The summed E-state index contributed by atoms with van der Waals surface area (Å²) in [6.07, 6.45) is 3.70. The fourth-order valence-electron chi connectivity index (χ4n) is 4.19. The summed E-state index contributed by atoms with van der Waals surface area (Å²) in [6.45, 7) is 0.972. The van der Waals surface area contributed by atoms with Crippen LogP contribution in [0.15, 0.2) is 72.9 Å². The highest BCUT2D eigenvalue weighted by atomic mass is 19.1. The Labute approximate surface area is 199 Å². The molecular formula is C28H29FN2O3. The molecule has 0 aliphatic heterocycles. The SMILES string of the molecule is COc1ccc(CCNC(=O)CCc2cn(Cc3ccccc3F)c3ccccc23)c(OC)c1. The van der Waals surface area contributed by atoms with E-state index in [4.69, 9.17) is 9.47 Å². The molecule has 3 aromatic carbocycles. The third kappa shape index (κ3) is 5.39. The summed E-state index contributed by atoms with van der Waals surface area (Å²) in [4.78, 5) is 12.5. The molecule has 1 aromatic heterocycles. The van der Waals surface area contributed by atoms with E-state index < -0.39 is 0 Å². The first-order valence-corrected chi connectivity index (χ1v) is 11.4. The van der Waals surface area contributed by atoms with E-state index >= 15 is 0 Å². The predicted octanol–water partition coefficient (Wildman–Crippen LogP) is 5.14. The Morgan fingerprint density at radius 2 is 1.71 bits per heavy atom. The maximum absolute atomic E-state index is 14.2. The van der Waals surface area contributed by atoms with Gasteiger partial charge in [-0.1, -0.05) is 42.5 Å². The third-order valence-corrected chi connectivity index (χ3v) is 6.00. The van der Waals surface area contributed by atoms with Crippen molar-refractivity contribution in [2.24, 2.45) is 0 Å². The number of aryl methyl sites for hydroxylation is 1. The van der Waals surface area contributed by atoms with Crippen molar-refractivity contribution < 1.29 is 18.7 Å². The number of para-hydroxylation sites is 1. The van der Waals surface area contributed by atoms with Crippen LogP contribution in [-0.2, 0) is 24.2 Å². The first-order valence-electron chi connectivity index (χ1n) is 11.4. The Morgan fingerprint density at radius 3 is 2.50 bits per heavy atom. The molecule has 6 heteroatoms. The molecule has 0 aliphatic rings. The third-order valence-electron chi connectivity index (χ3n) is 6.00. The number of ether oxygens (including phenoxy) is 2. The number of nitrogens with one attached hydrogen (secondary N) is 1. The average molecular weight is 461 g/mol. The summed E-state index contributed by atoms with van der Waals surface area (Å²) in [5, 5.41) is 4.09. The van der Waals surface area contributed by atoms with Crippen molar-refractivity contribution in [3.8, 4) is 11.5 Å². The minimum absolute atomic E-state index is 0.00147. The predicted molar refractivity (Wildman–Crippen MR) is 132 cm³/mol. The highest BCUT2D eigenvalue weighted by molar-refractivity contribution is 5.85. The van der Waals surface area contributed by atoms with Gasteiger partial charge in [-0.3, -0.25) is 4.79 Å². The van der Waals surface area contributed by atoms with Crippen molar-refractivity contribution in [2.75, 3.05) is 20.8 Å². The summed E-state index contributed by atoms with van der Waals surface area (Å²) < 4.78 is 26.9. The molecule has 1 N–H and O–H groups in total. The van der Waals surface area contributed by atoms with Crippen molar-refractivity contribution in [1.29, 1.82) is 0 Å². The summed E-state index contributed by atoms with van der Waals surface area (Å²) in [7, 11) is 3.24. The second kappa shape index (κ2) is 10.9. The van der Waals surface area contributed by atoms with Gasteiger partial charge in [0.05, 0.1) is 20.8 Å². The van der Waals surface area contributed by atoms with E-state index in [0.717, 1.165) is 33.5 Å². The quantitative estimate of drug-likeness (QED) is 0.357. The first-order chi connectivity index (χ1) is 16.6. The number of nitrogens with zero attached hydrogens (tertiary/aromatic N) is 1. The van der Waals surface area contributed by atoms with Crippen molar-refractivity contribution in [3.05, 3.63) is 95.4 Å². The Morgan fingerprint density at radius 1 is 0.912 bits per heavy atom. The molecule has 1 heterocycles. The molecule has 5 nitrogen and oxygen atoms in total. The number of carbonyl (C=O) groups excluding carboxylic acids is 1. The number of methoxy groups -OCH3 is 2. The number of benzene rings is 3. The van der Waals surface area contributed by atoms with Gasteiger partial charge < -0.3 is 19.4 Å². The Hall–Kier alpha value is -3.80. The second-order valence-corrected chi connectivity index (χ2v) is 8.17. The van der Waals surface area contributed by atoms with Crippen LogP contribution in [0, 0.1) is 5.82 Å². The molecule has 0 spiro atoms. The molecule has 0 bridgehead atoms. The lowest BCUT2D eigenvalue weighted by molar-refractivity contribution is -0.121. The zero-order valence-electron chi connectivity index (χ0n) is 19.5. The highest BCUT2D eigenvalue weighted by Gasteiger charge is 2.12. The number of carbonyl (C=O) groups is 1. The molecule has 0 saturated heterocycles. The minimum atomic E-state index is -0.213. The number of aromatic nitrogens is 1. The Kier molecular flexibility index (Phi) is 7.48. The molecule has 176 valence electrons. The smallest absolute Gasteiger partial charge is 0.220 e. The van der Waals surface area contributed by atoms with Crippen molar-refractivity contribution in [1.82, 2.24) is 9.88 Å². The van der Waals surface area contributed by atoms with E-state index in [1.807, 2.05) is 48.7 Å². The fraction of sp³-hybridized carbons (Fsp3) is 0.250. The lowest BCUT2D eigenvalue weighted by Crippen LogP contribution is -2.26. The van der Waals surface area contributed by atoms with Gasteiger partial charge in [-0.15, -0.1) is 0 Å². The van der Waals surface area contributed by atoms with Crippen LogP contribution >= 0.6 is 0 Å². The molecule has 0 aliphatic carbocycles. The topological polar surface area (TPSA) is 52.5 Å². The highest BCUT2D eigenvalue weighted by Crippen LogP contribution is 2.25. The molecule has 1 amide bonds. The van der Waals surface area contributed by atoms with Crippen LogP contribution in [0.3, 0.4) is 0 Å². The summed E-state index contributed by atoms with van der Waals surface area (Å²) >= 11 is 0. The number of fused-ring (bicyclic) bond motifs is 1. The lowest BCUT2D eigenvalue weighted by atomic mass is 10.1. The van der Waals surface area contributed by atoms with Crippen molar-refractivity contribution >= 4 is 16.8 Å². The number of amides is 1. The second-order valence-electron chi connectivity index (χ2n) is 8.17. The number of hydrogen-bond acceptors (Lipinski definition) is 3. The zero-order chi connectivity index (χ0) is 23.9.